The smallest absolute Gasteiger partial charge is 0.122 e. The predicted molar refractivity (Wildman–Crippen MR) is 83.5 cm³/mol. The number of hydrogen-bond acceptors (Lipinski definition) is 3. The maximum absolute atomic E-state index is 5.76. The number of hydrogen-bond donors (Lipinski definition) is 1. The molecule has 2 atom stereocenters. The van der Waals surface area contributed by atoms with E-state index in [0.29, 0.717) is 12.0 Å². The Morgan fingerprint density at radius 1 is 1.38 bits per heavy atom. The van der Waals surface area contributed by atoms with Gasteiger partial charge >= 0.3 is 0 Å². The summed E-state index contributed by atoms with van der Waals surface area (Å²) < 4.78 is 7.64. The molecule has 2 heterocycles. The number of benzene rings is 1. The Bertz CT molecular complexity index is 593. The molecule has 0 aliphatic carbocycles. The van der Waals surface area contributed by atoms with E-state index in [1.165, 1.54) is 5.56 Å². The van der Waals surface area contributed by atoms with Gasteiger partial charge in [-0.25, -0.2) is 0 Å². The van der Waals surface area contributed by atoms with E-state index in [9.17, 15) is 0 Å². The second-order valence-corrected chi connectivity index (χ2v) is 5.63. The fraction of sp³-hybridized carbons (Fsp3) is 0.471. The molecule has 112 valence electrons. The third-order valence-electron chi connectivity index (χ3n) is 4.14. The van der Waals surface area contributed by atoms with Gasteiger partial charge in [0.15, 0.2) is 0 Å². The largest absolute Gasteiger partial charge is 0.493 e. The minimum Gasteiger partial charge on any atom is -0.493 e. The maximum atomic E-state index is 5.76. The standard InChI is InChI=1S/C17H23N3O/c1-3-18-16(15-8-10-20(2)19-15)12-13-9-11-21-17-7-5-4-6-14(13)17/h4-8,10,13,16,18H,3,9,11-12H2,1-2H3. The van der Waals surface area contributed by atoms with Crippen molar-refractivity contribution in [1.82, 2.24) is 15.1 Å². The average Bonchev–Trinajstić information content (AvgIpc) is 2.94. The maximum Gasteiger partial charge on any atom is 0.122 e. The van der Waals surface area contributed by atoms with Crippen molar-refractivity contribution in [3.8, 4) is 5.75 Å². The summed E-state index contributed by atoms with van der Waals surface area (Å²) in [4.78, 5) is 0. The zero-order valence-electron chi connectivity index (χ0n) is 12.7. The molecule has 1 N–H and O–H groups in total. The lowest BCUT2D eigenvalue weighted by Gasteiger charge is -2.29. The summed E-state index contributed by atoms with van der Waals surface area (Å²) in [5.74, 6) is 1.58. The summed E-state index contributed by atoms with van der Waals surface area (Å²) in [7, 11) is 1.97. The zero-order valence-corrected chi connectivity index (χ0v) is 12.7. The number of rotatable bonds is 5. The van der Waals surface area contributed by atoms with E-state index in [0.717, 1.165) is 37.4 Å². The van der Waals surface area contributed by atoms with Gasteiger partial charge in [-0.2, -0.15) is 5.10 Å². The summed E-state index contributed by atoms with van der Waals surface area (Å²) in [6.07, 6.45) is 4.15. The molecular formula is C17H23N3O. The highest BCUT2D eigenvalue weighted by Crippen LogP contribution is 2.38. The molecule has 1 aliphatic heterocycles. The molecule has 0 amide bonds. The first-order valence-electron chi connectivity index (χ1n) is 7.72. The molecule has 0 saturated heterocycles. The van der Waals surface area contributed by atoms with Crippen molar-refractivity contribution in [2.45, 2.75) is 31.7 Å². The van der Waals surface area contributed by atoms with Gasteiger partial charge in [0.05, 0.1) is 18.3 Å². The van der Waals surface area contributed by atoms with Crippen molar-refractivity contribution in [2.24, 2.45) is 7.05 Å². The third-order valence-corrected chi connectivity index (χ3v) is 4.14. The topological polar surface area (TPSA) is 39.1 Å². The first-order chi connectivity index (χ1) is 10.3. The van der Waals surface area contributed by atoms with Crippen LogP contribution in [-0.4, -0.2) is 22.9 Å². The van der Waals surface area contributed by atoms with E-state index in [-0.39, 0.29) is 0 Å². The SMILES string of the molecule is CCNC(CC1CCOc2ccccc21)c1ccn(C)n1. The quantitative estimate of drug-likeness (QED) is 0.918. The van der Waals surface area contributed by atoms with E-state index in [2.05, 4.69) is 41.6 Å². The van der Waals surface area contributed by atoms with E-state index in [4.69, 9.17) is 4.74 Å². The highest BCUT2D eigenvalue weighted by atomic mass is 16.5. The molecule has 21 heavy (non-hydrogen) atoms. The number of aryl methyl sites for hydroxylation is 1. The summed E-state index contributed by atoms with van der Waals surface area (Å²) in [6.45, 7) is 3.91. The molecule has 0 bridgehead atoms. The molecular weight excluding hydrogens is 262 g/mol. The van der Waals surface area contributed by atoms with Gasteiger partial charge in [-0.1, -0.05) is 25.1 Å². The Labute approximate surface area is 126 Å². The van der Waals surface area contributed by atoms with Crippen molar-refractivity contribution in [3.63, 3.8) is 0 Å². The zero-order chi connectivity index (χ0) is 14.7. The van der Waals surface area contributed by atoms with E-state index in [1.807, 2.05) is 24.0 Å². The van der Waals surface area contributed by atoms with Crippen molar-refractivity contribution >= 4 is 0 Å². The molecule has 0 fully saturated rings. The number of ether oxygens (including phenoxy) is 1. The van der Waals surface area contributed by atoms with Gasteiger partial charge < -0.3 is 10.1 Å². The Kier molecular flexibility index (Phi) is 4.25. The minimum atomic E-state index is 0.298. The van der Waals surface area contributed by atoms with E-state index in [1.54, 1.807) is 0 Å². The number of aromatic nitrogens is 2. The van der Waals surface area contributed by atoms with Crippen molar-refractivity contribution in [2.75, 3.05) is 13.2 Å². The molecule has 4 heteroatoms. The normalized spacial score (nSPS) is 18.9. The first kappa shape index (κ1) is 14.1. The highest BCUT2D eigenvalue weighted by Gasteiger charge is 2.25. The Morgan fingerprint density at radius 3 is 3.00 bits per heavy atom. The monoisotopic (exact) mass is 285 g/mol. The van der Waals surface area contributed by atoms with Gasteiger partial charge in [0.25, 0.3) is 0 Å². The fourth-order valence-corrected chi connectivity index (χ4v) is 3.12. The van der Waals surface area contributed by atoms with Crippen molar-refractivity contribution in [1.29, 1.82) is 0 Å². The van der Waals surface area contributed by atoms with Crippen LogP contribution in [0.15, 0.2) is 36.5 Å². The van der Waals surface area contributed by atoms with Crippen LogP contribution in [0.4, 0.5) is 0 Å². The molecule has 2 unspecified atom stereocenters. The molecule has 0 saturated carbocycles. The van der Waals surface area contributed by atoms with Gasteiger partial charge in [-0.15, -0.1) is 0 Å². The number of para-hydroxylation sites is 1. The molecule has 0 radical (unpaired) electrons. The summed E-state index contributed by atoms with van der Waals surface area (Å²) in [6, 6.07) is 10.8. The average molecular weight is 285 g/mol. The van der Waals surface area contributed by atoms with Crippen LogP contribution in [0.1, 0.15) is 43.0 Å². The highest BCUT2D eigenvalue weighted by molar-refractivity contribution is 5.38. The summed E-state index contributed by atoms with van der Waals surface area (Å²) in [5, 5.41) is 8.15. The van der Waals surface area contributed by atoms with Gasteiger partial charge in [-0.3, -0.25) is 4.68 Å². The first-order valence-corrected chi connectivity index (χ1v) is 7.72. The lowest BCUT2D eigenvalue weighted by atomic mass is 9.86. The summed E-state index contributed by atoms with van der Waals surface area (Å²) in [5.41, 5.74) is 2.46. The van der Waals surface area contributed by atoms with Crippen LogP contribution in [0.5, 0.6) is 5.75 Å². The van der Waals surface area contributed by atoms with Crippen LogP contribution in [0.25, 0.3) is 0 Å². The molecule has 4 nitrogen and oxygen atoms in total. The molecule has 0 spiro atoms. The predicted octanol–water partition coefficient (Wildman–Crippen LogP) is 3.03. The Morgan fingerprint density at radius 2 is 2.24 bits per heavy atom. The number of nitrogens with one attached hydrogen (secondary N) is 1. The van der Waals surface area contributed by atoms with Crippen LogP contribution in [0.2, 0.25) is 0 Å². The molecule has 3 rings (SSSR count). The lowest BCUT2D eigenvalue weighted by molar-refractivity contribution is 0.255. The van der Waals surface area contributed by atoms with Crippen LogP contribution < -0.4 is 10.1 Å². The van der Waals surface area contributed by atoms with Gasteiger partial charge in [0.2, 0.25) is 0 Å². The summed E-state index contributed by atoms with van der Waals surface area (Å²) >= 11 is 0. The third kappa shape index (κ3) is 3.10. The molecule has 1 aromatic heterocycles. The molecule has 1 aliphatic rings. The Balaban J connectivity index is 1.80. The minimum absolute atomic E-state index is 0.298. The van der Waals surface area contributed by atoms with Crippen LogP contribution in [-0.2, 0) is 7.05 Å². The van der Waals surface area contributed by atoms with E-state index >= 15 is 0 Å². The Hall–Kier alpha value is -1.81. The van der Waals surface area contributed by atoms with Crippen LogP contribution in [0, 0.1) is 0 Å². The molecule has 1 aromatic carbocycles. The van der Waals surface area contributed by atoms with Gasteiger partial charge in [-0.05, 0) is 43.0 Å². The van der Waals surface area contributed by atoms with E-state index < -0.39 is 0 Å². The number of nitrogens with zero attached hydrogens (tertiary/aromatic N) is 2. The lowest BCUT2D eigenvalue weighted by Crippen LogP contribution is -2.25. The fourth-order valence-electron chi connectivity index (χ4n) is 3.12. The molecule has 2 aromatic rings. The van der Waals surface area contributed by atoms with Crippen molar-refractivity contribution < 1.29 is 4.74 Å². The van der Waals surface area contributed by atoms with Gasteiger partial charge in [0, 0.05) is 13.2 Å². The second kappa shape index (κ2) is 6.31. The van der Waals surface area contributed by atoms with Crippen LogP contribution in [0.3, 0.4) is 0 Å². The second-order valence-electron chi connectivity index (χ2n) is 5.63. The van der Waals surface area contributed by atoms with Crippen molar-refractivity contribution in [3.05, 3.63) is 47.8 Å². The number of fused-ring (bicyclic) bond motifs is 1. The van der Waals surface area contributed by atoms with Crippen LogP contribution >= 0.6 is 0 Å². The van der Waals surface area contributed by atoms with Gasteiger partial charge in [0.1, 0.15) is 5.75 Å².